The number of hydrogen-bond acceptors (Lipinski definition) is 3. The first kappa shape index (κ1) is 10.6. The van der Waals surface area contributed by atoms with Crippen molar-refractivity contribution in [3.63, 3.8) is 0 Å². The molecule has 3 nitrogen and oxygen atoms in total. The first-order chi connectivity index (χ1) is 7.31. The van der Waals surface area contributed by atoms with Crippen LogP contribution in [0.1, 0.15) is 23.6 Å². The molecule has 1 aromatic rings. The Morgan fingerprint density at radius 1 is 1.53 bits per heavy atom. The van der Waals surface area contributed by atoms with Crippen LogP contribution in [0.2, 0.25) is 0 Å². The molecule has 0 spiro atoms. The summed E-state index contributed by atoms with van der Waals surface area (Å²) in [7, 11) is 0. The van der Waals surface area contributed by atoms with Gasteiger partial charge in [0, 0.05) is 18.0 Å². The summed E-state index contributed by atoms with van der Waals surface area (Å²) in [5.41, 5.74) is 5.34. The average Bonchev–Trinajstić information content (AvgIpc) is 2.82. The maximum absolute atomic E-state index is 11.4. The van der Waals surface area contributed by atoms with E-state index in [1.807, 2.05) is 16.2 Å². The van der Waals surface area contributed by atoms with Crippen LogP contribution in [0.3, 0.4) is 0 Å². The maximum Gasteiger partial charge on any atom is 0.236 e. The first-order valence-electron chi connectivity index (χ1n) is 5.32. The molecule has 0 aliphatic carbocycles. The Labute approximate surface area is 93.9 Å². The second-order valence-electron chi connectivity index (χ2n) is 3.87. The van der Waals surface area contributed by atoms with Crippen molar-refractivity contribution >= 4 is 17.2 Å². The highest BCUT2D eigenvalue weighted by Gasteiger charge is 2.23. The van der Waals surface area contributed by atoms with Crippen molar-refractivity contribution in [2.45, 2.75) is 18.8 Å². The Balaban J connectivity index is 1.90. The zero-order chi connectivity index (χ0) is 10.7. The van der Waals surface area contributed by atoms with E-state index in [4.69, 9.17) is 5.73 Å². The van der Waals surface area contributed by atoms with Gasteiger partial charge in [-0.2, -0.15) is 0 Å². The molecular weight excluding hydrogens is 208 g/mol. The van der Waals surface area contributed by atoms with Crippen LogP contribution in [0.25, 0.3) is 0 Å². The number of likely N-dealkylation sites (tertiary alicyclic amines) is 1. The first-order valence-corrected chi connectivity index (χ1v) is 6.20. The van der Waals surface area contributed by atoms with Gasteiger partial charge >= 0.3 is 0 Å². The molecule has 1 amide bonds. The summed E-state index contributed by atoms with van der Waals surface area (Å²) in [5.74, 6) is 0.728. The number of amides is 1. The van der Waals surface area contributed by atoms with Gasteiger partial charge in [-0.3, -0.25) is 4.79 Å². The van der Waals surface area contributed by atoms with Crippen molar-refractivity contribution in [3.05, 3.63) is 22.4 Å². The monoisotopic (exact) mass is 224 g/mol. The van der Waals surface area contributed by atoms with Crippen LogP contribution in [0.15, 0.2) is 17.5 Å². The fourth-order valence-corrected chi connectivity index (χ4v) is 2.97. The van der Waals surface area contributed by atoms with E-state index in [1.54, 1.807) is 0 Å². The Morgan fingerprint density at radius 2 is 2.27 bits per heavy atom. The zero-order valence-electron chi connectivity index (χ0n) is 8.69. The molecule has 1 aliphatic rings. The highest BCUT2D eigenvalue weighted by molar-refractivity contribution is 7.10. The SMILES string of the molecule is NCC(=O)N1CCC(c2cccs2)CC1. The summed E-state index contributed by atoms with van der Waals surface area (Å²) in [4.78, 5) is 14.7. The molecule has 1 aliphatic heterocycles. The van der Waals surface area contributed by atoms with E-state index in [2.05, 4.69) is 17.5 Å². The zero-order valence-corrected chi connectivity index (χ0v) is 9.50. The molecule has 0 saturated carbocycles. The van der Waals surface area contributed by atoms with Gasteiger partial charge in [0.15, 0.2) is 0 Å². The third kappa shape index (κ3) is 2.38. The van der Waals surface area contributed by atoms with Crippen molar-refractivity contribution in [2.75, 3.05) is 19.6 Å². The van der Waals surface area contributed by atoms with Crippen molar-refractivity contribution < 1.29 is 4.79 Å². The van der Waals surface area contributed by atoms with E-state index in [1.165, 1.54) is 4.88 Å². The van der Waals surface area contributed by atoms with Gasteiger partial charge in [0.2, 0.25) is 5.91 Å². The topological polar surface area (TPSA) is 46.3 Å². The minimum Gasteiger partial charge on any atom is -0.342 e. The second kappa shape index (κ2) is 4.77. The molecule has 0 unspecified atom stereocenters. The van der Waals surface area contributed by atoms with Gasteiger partial charge < -0.3 is 10.6 Å². The Morgan fingerprint density at radius 3 is 2.80 bits per heavy atom. The third-order valence-corrected chi connectivity index (χ3v) is 4.00. The molecule has 2 rings (SSSR count). The molecule has 15 heavy (non-hydrogen) atoms. The number of nitrogens with zero attached hydrogens (tertiary/aromatic N) is 1. The van der Waals surface area contributed by atoms with Crippen LogP contribution < -0.4 is 5.73 Å². The number of carbonyl (C=O) groups excluding carboxylic acids is 1. The summed E-state index contributed by atoms with van der Waals surface area (Å²) in [6.45, 7) is 1.86. The maximum atomic E-state index is 11.4. The minimum absolute atomic E-state index is 0.0830. The average molecular weight is 224 g/mol. The van der Waals surface area contributed by atoms with Gasteiger partial charge in [0.1, 0.15) is 0 Å². The van der Waals surface area contributed by atoms with Crippen LogP contribution in [0, 0.1) is 0 Å². The van der Waals surface area contributed by atoms with E-state index < -0.39 is 0 Å². The van der Waals surface area contributed by atoms with Crippen LogP contribution in [-0.4, -0.2) is 30.4 Å². The number of hydrogen-bond donors (Lipinski definition) is 1. The van der Waals surface area contributed by atoms with E-state index in [9.17, 15) is 4.79 Å². The number of thiophene rings is 1. The van der Waals surface area contributed by atoms with Gasteiger partial charge in [-0.05, 0) is 30.2 Å². The molecule has 4 heteroatoms. The van der Waals surface area contributed by atoms with Crippen LogP contribution >= 0.6 is 11.3 Å². The van der Waals surface area contributed by atoms with Crippen LogP contribution in [-0.2, 0) is 4.79 Å². The van der Waals surface area contributed by atoms with Gasteiger partial charge in [-0.1, -0.05) is 6.07 Å². The fourth-order valence-electron chi connectivity index (χ4n) is 2.07. The molecule has 1 fully saturated rings. The number of nitrogens with two attached hydrogens (primary N) is 1. The lowest BCUT2D eigenvalue weighted by Crippen LogP contribution is -2.41. The van der Waals surface area contributed by atoms with Crippen molar-refractivity contribution in [2.24, 2.45) is 5.73 Å². The number of carbonyl (C=O) groups is 1. The third-order valence-electron chi connectivity index (χ3n) is 2.97. The van der Waals surface area contributed by atoms with E-state index in [0.717, 1.165) is 25.9 Å². The molecule has 0 radical (unpaired) electrons. The van der Waals surface area contributed by atoms with Gasteiger partial charge in [0.25, 0.3) is 0 Å². The smallest absolute Gasteiger partial charge is 0.236 e. The second-order valence-corrected chi connectivity index (χ2v) is 4.85. The molecule has 0 aromatic carbocycles. The standard InChI is InChI=1S/C11H16N2OS/c12-8-11(14)13-5-3-9(4-6-13)10-2-1-7-15-10/h1-2,7,9H,3-6,8,12H2. The normalized spacial score (nSPS) is 18.1. The summed E-state index contributed by atoms with van der Waals surface area (Å²) in [6.07, 6.45) is 2.15. The summed E-state index contributed by atoms with van der Waals surface area (Å²) in [5, 5.41) is 2.12. The van der Waals surface area contributed by atoms with Gasteiger partial charge in [-0.15, -0.1) is 11.3 Å². The quantitative estimate of drug-likeness (QED) is 0.825. The molecular formula is C11H16N2OS. The van der Waals surface area contributed by atoms with E-state index >= 15 is 0 Å². The van der Waals surface area contributed by atoms with E-state index in [-0.39, 0.29) is 12.5 Å². The lowest BCUT2D eigenvalue weighted by atomic mass is 9.95. The lowest BCUT2D eigenvalue weighted by Gasteiger charge is -2.31. The Bertz CT molecular complexity index is 315. The molecule has 1 aromatic heterocycles. The number of rotatable bonds is 2. The summed E-state index contributed by atoms with van der Waals surface area (Å²) in [6, 6.07) is 4.28. The van der Waals surface area contributed by atoms with Crippen molar-refractivity contribution in [1.29, 1.82) is 0 Å². The molecule has 2 N–H and O–H groups in total. The van der Waals surface area contributed by atoms with Crippen LogP contribution in [0.5, 0.6) is 0 Å². The van der Waals surface area contributed by atoms with Crippen molar-refractivity contribution in [1.82, 2.24) is 4.90 Å². The Kier molecular flexibility index (Phi) is 3.38. The lowest BCUT2D eigenvalue weighted by molar-refractivity contribution is -0.130. The molecule has 0 atom stereocenters. The van der Waals surface area contributed by atoms with Crippen LogP contribution in [0.4, 0.5) is 0 Å². The largest absolute Gasteiger partial charge is 0.342 e. The summed E-state index contributed by atoms with van der Waals surface area (Å²) < 4.78 is 0. The highest BCUT2D eigenvalue weighted by atomic mass is 32.1. The molecule has 0 bridgehead atoms. The molecule has 2 heterocycles. The number of piperidine rings is 1. The van der Waals surface area contributed by atoms with Gasteiger partial charge in [0.05, 0.1) is 6.54 Å². The molecule has 1 saturated heterocycles. The fraction of sp³-hybridized carbons (Fsp3) is 0.545. The van der Waals surface area contributed by atoms with Gasteiger partial charge in [-0.25, -0.2) is 0 Å². The van der Waals surface area contributed by atoms with E-state index in [0.29, 0.717) is 5.92 Å². The van der Waals surface area contributed by atoms with Crippen molar-refractivity contribution in [3.8, 4) is 0 Å². The predicted octanol–water partition coefficient (Wildman–Crippen LogP) is 1.41. The summed E-state index contributed by atoms with van der Waals surface area (Å²) >= 11 is 1.82. The predicted molar refractivity (Wildman–Crippen MR) is 61.9 cm³/mol. The highest BCUT2D eigenvalue weighted by Crippen LogP contribution is 2.30. The minimum atomic E-state index is 0.0830. The molecule has 82 valence electrons. The Hall–Kier alpha value is -0.870.